The SMILES string of the molecule is O=C(O)[C@@H]1CN(C(=O)C(O)(c2ccccc2Cl)c2ccccc2Cl)CCN1C(=O)N1c2ccccc2C=Cc2ccccc21. The van der Waals surface area contributed by atoms with Crippen molar-refractivity contribution in [3.05, 3.63) is 129 Å². The number of carboxylic acids is 1. The normalized spacial score (nSPS) is 16.2. The minimum atomic E-state index is -2.32. The molecule has 0 spiro atoms. The quantitative estimate of drug-likeness (QED) is 0.278. The number of carbonyl (C=O) groups is 3. The first-order chi connectivity index (χ1) is 21.2. The molecule has 1 fully saturated rings. The Labute approximate surface area is 264 Å². The number of nitrogens with zero attached hydrogens (tertiary/aromatic N) is 3. The van der Waals surface area contributed by atoms with Gasteiger partial charge < -0.3 is 20.0 Å². The lowest BCUT2D eigenvalue weighted by molar-refractivity contribution is -0.154. The van der Waals surface area contributed by atoms with Crippen LogP contribution >= 0.6 is 23.2 Å². The molecule has 2 aliphatic rings. The molecule has 0 bridgehead atoms. The summed E-state index contributed by atoms with van der Waals surface area (Å²) >= 11 is 13.0. The maximum Gasteiger partial charge on any atom is 0.330 e. The lowest BCUT2D eigenvalue weighted by atomic mass is 9.84. The molecule has 1 saturated heterocycles. The first-order valence-corrected chi connectivity index (χ1v) is 14.7. The van der Waals surface area contributed by atoms with Gasteiger partial charge in [-0.15, -0.1) is 0 Å². The minimum Gasteiger partial charge on any atom is -0.480 e. The Morgan fingerprint density at radius 3 is 1.68 bits per heavy atom. The van der Waals surface area contributed by atoms with Crippen LogP contribution in [0.5, 0.6) is 0 Å². The average molecular weight is 629 g/mol. The fourth-order valence-corrected chi connectivity index (χ4v) is 6.37. The number of piperazine rings is 1. The number of aliphatic carboxylic acids is 1. The van der Waals surface area contributed by atoms with Crippen molar-refractivity contribution in [2.45, 2.75) is 11.6 Å². The third kappa shape index (κ3) is 5.01. The largest absolute Gasteiger partial charge is 0.480 e. The molecule has 0 aromatic heterocycles. The molecule has 0 unspecified atom stereocenters. The summed E-state index contributed by atoms with van der Waals surface area (Å²) in [6.07, 6.45) is 3.83. The summed E-state index contributed by atoms with van der Waals surface area (Å²) in [6.45, 7) is -0.510. The highest BCUT2D eigenvalue weighted by atomic mass is 35.5. The van der Waals surface area contributed by atoms with Gasteiger partial charge in [0.1, 0.15) is 6.04 Å². The fourth-order valence-electron chi connectivity index (χ4n) is 5.83. The second-order valence-electron chi connectivity index (χ2n) is 10.5. The molecular formula is C34H27Cl2N3O5. The third-order valence-corrected chi connectivity index (χ3v) is 8.68. The van der Waals surface area contributed by atoms with Gasteiger partial charge in [-0.3, -0.25) is 9.69 Å². The van der Waals surface area contributed by atoms with Gasteiger partial charge in [0.05, 0.1) is 17.9 Å². The molecule has 44 heavy (non-hydrogen) atoms. The van der Waals surface area contributed by atoms with E-state index in [9.17, 15) is 24.6 Å². The Morgan fingerprint density at radius 2 is 1.18 bits per heavy atom. The molecule has 222 valence electrons. The summed E-state index contributed by atoms with van der Waals surface area (Å²) in [7, 11) is 0. The van der Waals surface area contributed by atoms with Crippen molar-refractivity contribution < 1.29 is 24.6 Å². The Morgan fingerprint density at radius 1 is 0.705 bits per heavy atom. The highest BCUT2D eigenvalue weighted by Gasteiger charge is 2.48. The number of benzene rings is 4. The van der Waals surface area contributed by atoms with E-state index in [1.807, 2.05) is 60.7 Å². The van der Waals surface area contributed by atoms with Crippen LogP contribution in [-0.4, -0.2) is 63.6 Å². The van der Waals surface area contributed by atoms with Gasteiger partial charge in [-0.1, -0.05) is 108 Å². The number of carbonyl (C=O) groups excluding carboxylic acids is 2. The molecule has 4 aromatic carbocycles. The lowest BCUT2D eigenvalue weighted by Gasteiger charge is -2.44. The number of hydrogen-bond donors (Lipinski definition) is 2. The van der Waals surface area contributed by atoms with Crippen molar-refractivity contribution in [1.82, 2.24) is 9.80 Å². The van der Waals surface area contributed by atoms with Crippen molar-refractivity contribution in [2.75, 3.05) is 24.5 Å². The van der Waals surface area contributed by atoms with Crippen LogP contribution in [0.2, 0.25) is 10.0 Å². The maximum atomic E-state index is 14.3. The van der Waals surface area contributed by atoms with E-state index in [1.165, 1.54) is 26.8 Å². The van der Waals surface area contributed by atoms with Gasteiger partial charge in [-0.05, 0) is 35.4 Å². The lowest BCUT2D eigenvalue weighted by Crippen LogP contribution is -2.63. The second kappa shape index (κ2) is 11.8. The van der Waals surface area contributed by atoms with Crippen molar-refractivity contribution in [3.63, 3.8) is 0 Å². The number of hydrogen-bond acceptors (Lipinski definition) is 4. The zero-order valence-electron chi connectivity index (χ0n) is 23.3. The zero-order valence-corrected chi connectivity index (χ0v) is 24.8. The zero-order chi connectivity index (χ0) is 31.0. The molecule has 2 heterocycles. The van der Waals surface area contributed by atoms with Gasteiger partial charge in [0, 0.05) is 34.3 Å². The summed E-state index contributed by atoms with van der Waals surface area (Å²) in [6, 6.07) is 25.6. The van der Waals surface area contributed by atoms with Gasteiger partial charge in [0.25, 0.3) is 5.91 Å². The van der Waals surface area contributed by atoms with Gasteiger partial charge in [-0.2, -0.15) is 0 Å². The standard InChI is InChI=1S/C34H27Cl2N3O5/c35-26-13-5-3-11-24(26)34(44,25-12-4-6-14-27(25)36)32(42)37-19-20-38(30(21-37)31(40)41)33(43)39-28-15-7-1-9-22(28)17-18-23-10-2-8-16-29(23)39/h1-18,30,44H,19-21H2,(H,40,41)/t30-/m0/s1. The van der Waals surface area contributed by atoms with E-state index in [0.29, 0.717) is 11.4 Å². The van der Waals surface area contributed by atoms with Crippen LogP contribution in [0.4, 0.5) is 16.2 Å². The van der Waals surface area contributed by atoms with Crippen molar-refractivity contribution in [1.29, 1.82) is 0 Å². The molecule has 0 saturated carbocycles. The highest BCUT2D eigenvalue weighted by Crippen LogP contribution is 2.41. The number of halogens is 2. The van der Waals surface area contributed by atoms with Gasteiger partial charge in [0.2, 0.25) is 0 Å². The molecule has 8 nitrogen and oxygen atoms in total. The number of carboxylic acid groups (broad SMARTS) is 1. The smallest absolute Gasteiger partial charge is 0.330 e. The molecule has 3 amide bonds. The Kier molecular flexibility index (Phi) is 7.90. The van der Waals surface area contributed by atoms with Gasteiger partial charge in [-0.25, -0.2) is 9.59 Å². The van der Waals surface area contributed by atoms with Crippen LogP contribution in [0.25, 0.3) is 12.2 Å². The average Bonchev–Trinajstić information content (AvgIpc) is 3.21. The van der Waals surface area contributed by atoms with E-state index < -0.39 is 29.6 Å². The predicted molar refractivity (Wildman–Crippen MR) is 170 cm³/mol. The number of urea groups is 1. The van der Waals surface area contributed by atoms with Gasteiger partial charge >= 0.3 is 12.0 Å². The summed E-state index contributed by atoms with van der Waals surface area (Å²) in [5, 5.41) is 22.8. The molecule has 4 aromatic rings. The first-order valence-electron chi connectivity index (χ1n) is 13.9. The molecule has 0 radical (unpaired) electrons. The minimum absolute atomic E-state index is 0.0407. The van der Waals surface area contributed by atoms with E-state index in [-0.39, 0.29) is 40.8 Å². The number of aliphatic hydroxyl groups is 1. The van der Waals surface area contributed by atoms with Crippen LogP contribution in [-0.2, 0) is 15.2 Å². The molecular weight excluding hydrogens is 601 g/mol. The van der Waals surface area contributed by atoms with E-state index >= 15 is 0 Å². The van der Waals surface area contributed by atoms with Crippen molar-refractivity contribution in [2.24, 2.45) is 0 Å². The molecule has 1 atom stereocenters. The third-order valence-electron chi connectivity index (χ3n) is 8.02. The van der Waals surface area contributed by atoms with Crippen LogP contribution in [0.15, 0.2) is 97.1 Å². The molecule has 2 N–H and O–H groups in total. The molecule has 10 heteroatoms. The van der Waals surface area contributed by atoms with E-state index in [4.69, 9.17) is 23.2 Å². The van der Waals surface area contributed by atoms with E-state index in [0.717, 1.165) is 11.1 Å². The Bertz CT molecular complexity index is 1710. The van der Waals surface area contributed by atoms with Crippen LogP contribution < -0.4 is 4.90 Å². The van der Waals surface area contributed by atoms with Crippen LogP contribution in [0.3, 0.4) is 0 Å². The molecule has 0 aliphatic carbocycles. The Hall–Kier alpha value is -4.63. The fraction of sp³-hybridized carbons (Fsp3) is 0.147. The van der Waals surface area contributed by atoms with E-state index in [2.05, 4.69) is 0 Å². The molecule has 6 rings (SSSR count). The number of fused-ring (bicyclic) bond motifs is 2. The molecule has 2 aliphatic heterocycles. The predicted octanol–water partition coefficient (Wildman–Crippen LogP) is 6.27. The number of anilines is 2. The Balaban J connectivity index is 1.37. The monoisotopic (exact) mass is 627 g/mol. The number of rotatable bonds is 4. The van der Waals surface area contributed by atoms with Crippen molar-refractivity contribution in [3.8, 4) is 0 Å². The number of para-hydroxylation sites is 2. The maximum absolute atomic E-state index is 14.3. The number of amides is 3. The van der Waals surface area contributed by atoms with Crippen molar-refractivity contribution >= 4 is 64.6 Å². The summed E-state index contributed by atoms with van der Waals surface area (Å²) in [5.41, 5.74) is 0.692. The summed E-state index contributed by atoms with van der Waals surface area (Å²) in [5.74, 6) is -2.09. The second-order valence-corrected chi connectivity index (χ2v) is 11.4. The summed E-state index contributed by atoms with van der Waals surface area (Å²) in [4.78, 5) is 45.3. The summed E-state index contributed by atoms with van der Waals surface area (Å²) < 4.78 is 0. The van der Waals surface area contributed by atoms with E-state index in [1.54, 1.807) is 36.4 Å². The van der Waals surface area contributed by atoms with Crippen LogP contribution in [0.1, 0.15) is 22.3 Å². The van der Waals surface area contributed by atoms with Crippen LogP contribution in [0, 0.1) is 0 Å². The van der Waals surface area contributed by atoms with Gasteiger partial charge in [0.15, 0.2) is 5.60 Å². The topological polar surface area (TPSA) is 101 Å². The first kappa shape index (κ1) is 29.4. The highest BCUT2D eigenvalue weighted by molar-refractivity contribution is 6.33.